The third-order valence-electron chi connectivity index (χ3n) is 3.39. The van der Waals surface area contributed by atoms with Gasteiger partial charge in [-0.05, 0) is 17.9 Å². The quantitative estimate of drug-likeness (QED) is 0.769. The summed E-state index contributed by atoms with van der Waals surface area (Å²) < 4.78 is 1.57. The second-order valence-electron chi connectivity index (χ2n) is 4.72. The number of carbonyl (C=O) groups is 1. The first-order valence-electron chi connectivity index (χ1n) is 6.61. The molecule has 3 rings (SSSR count). The molecule has 2 aromatic carbocycles. The summed E-state index contributed by atoms with van der Waals surface area (Å²) in [4.78, 5) is 11.2. The van der Waals surface area contributed by atoms with Crippen LogP contribution in [0.1, 0.15) is 16.1 Å². The van der Waals surface area contributed by atoms with E-state index in [-0.39, 0.29) is 18.7 Å². The van der Waals surface area contributed by atoms with Crippen molar-refractivity contribution in [1.82, 2.24) is 9.78 Å². The number of hydrogen-bond donors (Lipinski definition) is 2. The number of aliphatic hydroxyl groups is 1. The Labute approximate surface area is 121 Å². The van der Waals surface area contributed by atoms with Gasteiger partial charge in [-0.3, -0.25) is 0 Å². The minimum Gasteiger partial charge on any atom is -0.476 e. The highest BCUT2D eigenvalue weighted by Gasteiger charge is 2.16. The highest BCUT2D eigenvalue weighted by Crippen LogP contribution is 2.23. The molecular weight excluding hydrogens is 268 g/mol. The molecule has 0 bridgehead atoms. The second kappa shape index (κ2) is 5.38. The Morgan fingerprint density at radius 1 is 1.14 bits per heavy atom. The van der Waals surface area contributed by atoms with E-state index in [0.29, 0.717) is 5.56 Å². The van der Waals surface area contributed by atoms with Gasteiger partial charge in [-0.15, -0.1) is 0 Å². The van der Waals surface area contributed by atoms with Gasteiger partial charge in [0.25, 0.3) is 0 Å². The maximum Gasteiger partial charge on any atom is 0.356 e. The molecule has 1 heterocycles. The summed E-state index contributed by atoms with van der Waals surface area (Å²) in [6.07, 6.45) is 1.94. The summed E-state index contributed by atoms with van der Waals surface area (Å²) in [7, 11) is 0. The number of fused-ring (bicyclic) bond motifs is 1. The predicted octanol–water partition coefficient (Wildman–Crippen LogP) is 2.26. The minimum absolute atomic E-state index is 0.0167. The Morgan fingerprint density at radius 2 is 1.90 bits per heavy atom. The Hall–Kier alpha value is -2.66. The van der Waals surface area contributed by atoms with E-state index in [0.717, 1.165) is 16.5 Å². The van der Waals surface area contributed by atoms with E-state index in [1.54, 1.807) is 10.9 Å². The SMILES string of the molecule is O=C(O)c1nn(-c2cccc3ccccc23)cc1CCO. The molecule has 1 aromatic heterocycles. The second-order valence-corrected chi connectivity index (χ2v) is 4.72. The molecule has 0 unspecified atom stereocenters. The van der Waals surface area contributed by atoms with Gasteiger partial charge in [0.05, 0.1) is 5.69 Å². The number of carboxylic acid groups (broad SMARTS) is 1. The number of rotatable bonds is 4. The zero-order valence-corrected chi connectivity index (χ0v) is 11.2. The molecule has 0 spiro atoms. The van der Waals surface area contributed by atoms with Gasteiger partial charge < -0.3 is 10.2 Å². The van der Waals surface area contributed by atoms with Gasteiger partial charge in [0.1, 0.15) is 0 Å². The monoisotopic (exact) mass is 282 g/mol. The van der Waals surface area contributed by atoms with Crippen molar-refractivity contribution >= 4 is 16.7 Å². The Bertz CT molecular complexity index is 803. The fourth-order valence-electron chi connectivity index (χ4n) is 2.42. The molecule has 0 fully saturated rings. The lowest BCUT2D eigenvalue weighted by Crippen LogP contribution is -2.04. The van der Waals surface area contributed by atoms with Gasteiger partial charge in [-0.25, -0.2) is 9.48 Å². The average molecular weight is 282 g/mol. The van der Waals surface area contributed by atoms with Crippen molar-refractivity contribution in [1.29, 1.82) is 0 Å². The first-order valence-corrected chi connectivity index (χ1v) is 6.61. The number of aliphatic hydroxyl groups excluding tert-OH is 1. The molecule has 0 saturated carbocycles. The highest BCUT2D eigenvalue weighted by molar-refractivity contribution is 5.91. The van der Waals surface area contributed by atoms with Crippen molar-refractivity contribution in [3.05, 3.63) is 59.9 Å². The molecule has 0 radical (unpaired) electrons. The van der Waals surface area contributed by atoms with Gasteiger partial charge >= 0.3 is 5.97 Å². The third-order valence-corrected chi connectivity index (χ3v) is 3.39. The molecule has 0 atom stereocenters. The fourth-order valence-corrected chi connectivity index (χ4v) is 2.42. The van der Waals surface area contributed by atoms with E-state index >= 15 is 0 Å². The van der Waals surface area contributed by atoms with Crippen LogP contribution in [0.5, 0.6) is 0 Å². The standard InChI is InChI=1S/C16H14N2O3/c19-9-8-12-10-18(17-15(12)16(20)21)14-7-3-5-11-4-1-2-6-13(11)14/h1-7,10,19H,8-9H2,(H,20,21). The lowest BCUT2D eigenvalue weighted by Gasteiger charge is -2.06. The van der Waals surface area contributed by atoms with Crippen LogP contribution in [0.15, 0.2) is 48.7 Å². The van der Waals surface area contributed by atoms with Crippen LogP contribution in [0.2, 0.25) is 0 Å². The van der Waals surface area contributed by atoms with Crippen molar-refractivity contribution in [3.63, 3.8) is 0 Å². The van der Waals surface area contributed by atoms with Crippen molar-refractivity contribution in [2.24, 2.45) is 0 Å². The minimum atomic E-state index is -1.09. The molecule has 21 heavy (non-hydrogen) atoms. The molecular formula is C16H14N2O3. The van der Waals surface area contributed by atoms with E-state index in [4.69, 9.17) is 5.11 Å². The van der Waals surface area contributed by atoms with Gasteiger partial charge in [-0.1, -0.05) is 36.4 Å². The Kier molecular flexibility index (Phi) is 3.41. The van der Waals surface area contributed by atoms with Crippen molar-refractivity contribution in [3.8, 4) is 5.69 Å². The van der Waals surface area contributed by atoms with E-state index in [9.17, 15) is 9.90 Å². The van der Waals surface area contributed by atoms with E-state index in [2.05, 4.69) is 5.10 Å². The first kappa shape index (κ1) is 13.3. The summed E-state index contributed by atoms with van der Waals surface area (Å²) >= 11 is 0. The molecule has 5 nitrogen and oxygen atoms in total. The van der Waals surface area contributed by atoms with Crippen molar-refractivity contribution < 1.29 is 15.0 Å². The predicted molar refractivity (Wildman–Crippen MR) is 78.8 cm³/mol. The molecule has 0 aliphatic carbocycles. The number of hydrogen-bond acceptors (Lipinski definition) is 3. The van der Waals surface area contributed by atoms with Gasteiger partial charge in [-0.2, -0.15) is 5.10 Å². The summed E-state index contributed by atoms with van der Waals surface area (Å²) in [5.74, 6) is -1.09. The normalized spacial score (nSPS) is 10.9. The van der Waals surface area contributed by atoms with Crippen LogP contribution in [0.3, 0.4) is 0 Å². The van der Waals surface area contributed by atoms with Crippen LogP contribution in [-0.4, -0.2) is 32.6 Å². The van der Waals surface area contributed by atoms with E-state index in [1.807, 2.05) is 42.5 Å². The van der Waals surface area contributed by atoms with Crippen LogP contribution >= 0.6 is 0 Å². The molecule has 0 aliphatic rings. The summed E-state index contributed by atoms with van der Waals surface area (Å²) in [6, 6.07) is 13.6. The first-order chi connectivity index (χ1) is 10.2. The molecule has 0 aliphatic heterocycles. The number of aromatic nitrogens is 2. The molecule has 2 N–H and O–H groups in total. The van der Waals surface area contributed by atoms with Crippen LogP contribution in [0.4, 0.5) is 0 Å². The number of aromatic carboxylic acids is 1. The molecule has 0 saturated heterocycles. The van der Waals surface area contributed by atoms with Crippen molar-refractivity contribution in [2.75, 3.05) is 6.61 Å². The average Bonchev–Trinajstić information content (AvgIpc) is 2.91. The maximum absolute atomic E-state index is 11.2. The van der Waals surface area contributed by atoms with Crippen LogP contribution in [-0.2, 0) is 6.42 Å². The number of nitrogens with zero attached hydrogens (tertiary/aromatic N) is 2. The fraction of sp³-hybridized carbons (Fsp3) is 0.125. The van der Waals surface area contributed by atoms with E-state index in [1.165, 1.54) is 0 Å². The molecule has 5 heteroatoms. The Morgan fingerprint density at radius 3 is 2.67 bits per heavy atom. The lowest BCUT2D eigenvalue weighted by atomic mass is 10.1. The molecule has 106 valence electrons. The van der Waals surface area contributed by atoms with Crippen molar-refractivity contribution in [2.45, 2.75) is 6.42 Å². The lowest BCUT2D eigenvalue weighted by molar-refractivity contribution is 0.0688. The summed E-state index contributed by atoms with van der Waals surface area (Å²) in [6.45, 7) is -0.110. The topological polar surface area (TPSA) is 75.3 Å². The van der Waals surface area contributed by atoms with E-state index < -0.39 is 5.97 Å². The maximum atomic E-state index is 11.2. The number of carboxylic acids is 1. The molecule has 0 amide bonds. The third kappa shape index (κ3) is 2.39. The Balaban J connectivity index is 2.19. The van der Waals surface area contributed by atoms with Gasteiger partial charge in [0, 0.05) is 23.8 Å². The zero-order valence-electron chi connectivity index (χ0n) is 11.2. The van der Waals surface area contributed by atoms with Gasteiger partial charge in [0.2, 0.25) is 0 Å². The summed E-state index contributed by atoms with van der Waals surface area (Å²) in [5.41, 5.74) is 1.33. The van der Waals surface area contributed by atoms with Crippen LogP contribution < -0.4 is 0 Å². The van der Waals surface area contributed by atoms with Crippen LogP contribution in [0.25, 0.3) is 16.5 Å². The zero-order chi connectivity index (χ0) is 14.8. The summed E-state index contributed by atoms with van der Waals surface area (Å²) in [5, 5.41) is 24.5. The smallest absolute Gasteiger partial charge is 0.356 e. The highest BCUT2D eigenvalue weighted by atomic mass is 16.4. The largest absolute Gasteiger partial charge is 0.476 e. The number of benzene rings is 2. The van der Waals surface area contributed by atoms with Crippen LogP contribution in [0, 0.1) is 0 Å². The van der Waals surface area contributed by atoms with Gasteiger partial charge in [0.15, 0.2) is 5.69 Å². The molecule has 3 aromatic rings.